The van der Waals surface area contributed by atoms with Crippen molar-refractivity contribution in [3.8, 4) is 0 Å². The van der Waals surface area contributed by atoms with Crippen molar-refractivity contribution in [1.29, 1.82) is 0 Å². The van der Waals surface area contributed by atoms with Gasteiger partial charge in [-0.05, 0) is 6.92 Å². The van der Waals surface area contributed by atoms with Gasteiger partial charge in [0.1, 0.15) is 0 Å². The van der Waals surface area contributed by atoms with Gasteiger partial charge in [-0.3, -0.25) is 19.3 Å². The number of amides is 2. The van der Waals surface area contributed by atoms with Crippen molar-refractivity contribution in [3.05, 3.63) is 0 Å². The molecule has 0 saturated heterocycles. The van der Waals surface area contributed by atoms with Crippen molar-refractivity contribution in [2.45, 2.75) is 19.8 Å². The summed E-state index contributed by atoms with van der Waals surface area (Å²) in [5, 5.41) is 7.90. The van der Waals surface area contributed by atoms with E-state index in [1.165, 1.54) is 12.4 Å². The van der Waals surface area contributed by atoms with E-state index in [1.807, 2.05) is 0 Å². The molecule has 0 spiro atoms. The van der Waals surface area contributed by atoms with E-state index in [9.17, 15) is 18.0 Å². The van der Waals surface area contributed by atoms with Crippen molar-refractivity contribution in [3.63, 3.8) is 0 Å². The second-order valence-electron chi connectivity index (χ2n) is 2.37. The molecule has 0 aliphatic heterocycles. The van der Waals surface area contributed by atoms with Gasteiger partial charge in [-0.1, -0.05) is 0 Å². The maximum atomic E-state index is 10.1. The van der Waals surface area contributed by atoms with Crippen LogP contribution in [0.3, 0.4) is 0 Å². The highest BCUT2D eigenvalue weighted by Gasteiger charge is 2.00. The number of carbonyl (C=O) groups excluding carboxylic acids is 2. The SMILES string of the molecule is CCS(=O)(=O)O.NC(=O)CCC(=O)NO. The molecule has 0 aliphatic rings. The summed E-state index contributed by atoms with van der Waals surface area (Å²) in [6, 6.07) is 0. The standard InChI is InChI=1S/C4H8N2O3.C2H6O3S/c5-3(7)1-2-4(8)6-9;1-2-6(3,4)5/h9H,1-2H2,(H2,5,7)(H,6,8);2H2,1H3,(H,3,4,5). The molecule has 5 N–H and O–H groups in total. The van der Waals surface area contributed by atoms with Gasteiger partial charge >= 0.3 is 0 Å². The van der Waals surface area contributed by atoms with Crippen LogP contribution < -0.4 is 11.2 Å². The Balaban J connectivity index is 0. The quantitative estimate of drug-likeness (QED) is 0.272. The van der Waals surface area contributed by atoms with Gasteiger partial charge in [-0.15, -0.1) is 0 Å². The largest absolute Gasteiger partial charge is 0.370 e. The van der Waals surface area contributed by atoms with E-state index in [-0.39, 0.29) is 18.6 Å². The topological polar surface area (TPSA) is 147 Å². The van der Waals surface area contributed by atoms with Crippen LogP contribution in [0.15, 0.2) is 0 Å². The number of carbonyl (C=O) groups is 2. The van der Waals surface area contributed by atoms with Gasteiger partial charge in [0.15, 0.2) is 0 Å². The Morgan fingerprint density at radius 1 is 1.33 bits per heavy atom. The second-order valence-corrected chi connectivity index (χ2v) is 4.11. The van der Waals surface area contributed by atoms with Gasteiger partial charge in [0, 0.05) is 12.8 Å². The van der Waals surface area contributed by atoms with E-state index in [4.69, 9.17) is 15.5 Å². The molecule has 0 saturated carbocycles. The molecule has 0 aromatic carbocycles. The van der Waals surface area contributed by atoms with Crippen LogP contribution in [-0.4, -0.2) is 35.7 Å². The summed E-state index contributed by atoms with van der Waals surface area (Å²) >= 11 is 0. The molecule has 0 aromatic rings. The minimum atomic E-state index is -3.66. The Kier molecular flexibility index (Phi) is 8.82. The molecule has 90 valence electrons. The first-order valence-corrected chi connectivity index (χ1v) is 5.50. The molecule has 0 radical (unpaired) electrons. The first-order valence-electron chi connectivity index (χ1n) is 3.89. The lowest BCUT2D eigenvalue weighted by atomic mass is 10.3. The predicted molar refractivity (Wildman–Crippen MR) is 50.4 cm³/mol. The third kappa shape index (κ3) is 19.3. The van der Waals surface area contributed by atoms with Crippen LogP contribution in [-0.2, 0) is 19.7 Å². The van der Waals surface area contributed by atoms with Gasteiger partial charge in [-0.25, -0.2) is 5.48 Å². The van der Waals surface area contributed by atoms with Gasteiger partial charge in [-0.2, -0.15) is 8.42 Å². The lowest BCUT2D eigenvalue weighted by Crippen LogP contribution is -2.21. The monoisotopic (exact) mass is 242 g/mol. The fourth-order valence-electron chi connectivity index (χ4n) is 0.293. The maximum Gasteiger partial charge on any atom is 0.264 e. The zero-order valence-corrected chi connectivity index (χ0v) is 8.95. The third-order valence-corrected chi connectivity index (χ3v) is 1.82. The average Bonchev–Trinajstić information content (AvgIpc) is 2.14. The molecule has 2 amide bonds. The number of nitrogens with two attached hydrogens (primary N) is 1. The van der Waals surface area contributed by atoms with E-state index in [0.717, 1.165) is 0 Å². The van der Waals surface area contributed by atoms with Crippen LogP contribution in [0.1, 0.15) is 19.8 Å². The maximum absolute atomic E-state index is 10.1. The van der Waals surface area contributed by atoms with Crippen molar-refractivity contribution < 1.29 is 27.8 Å². The van der Waals surface area contributed by atoms with E-state index < -0.39 is 21.9 Å². The fourth-order valence-corrected chi connectivity index (χ4v) is 0.293. The molecule has 15 heavy (non-hydrogen) atoms. The van der Waals surface area contributed by atoms with E-state index in [2.05, 4.69) is 0 Å². The Hall–Kier alpha value is -1.19. The van der Waals surface area contributed by atoms with Gasteiger partial charge in [0.05, 0.1) is 5.75 Å². The Morgan fingerprint density at radius 2 is 1.73 bits per heavy atom. The Labute approximate surface area is 87.2 Å². The zero-order chi connectivity index (χ0) is 12.5. The number of hydrogen-bond donors (Lipinski definition) is 4. The second kappa shape index (κ2) is 8.15. The molecular weight excluding hydrogens is 228 g/mol. The van der Waals surface area contributed by atoms with Crippen LogP contribution in [0.2, 0.25) is 0 Å². The molecule has 0 bridgehead atoms. The number of hydroxylamine groups is 1. The summed E-state index contributed by atoms with van der Waals surface area (Å²) in [5.74, 6) is -1.36. The van der Waals surface area contributed by atoms with E-state index in [0.29, 0.717) is 0 Å². The van der Waals surface area contributed by atoms with Crippen molar-refractivity contribution in [1.82, 2.24) is 5.48 Å². The van der Waals surface area contributed by atoms with Crippen LogP contribution in [0.5, 0.6) is 0 Å². The summed E-state index contributed by atoms with van der Waals surface area (Å²) in [7, 11) is -3.66. The fraction of sp³-hybridized carbons (Fsp3) is 0.667. The highest BCUT2D eigenvalue weighted by atomic mass is 32.2. The van der Waals surface area contributed by atoms with Gasteiger partial charge in [0.2, 0.25) is 11.8 Å². The predicted octanol–water partition coefficient (Wildman–Crippen LogP) is -1.35. The summed E-state index contributed by atoms with van der Waals surface area (Å²) in [5.41, 5.74) is 6.07. The van der Waals surface area contributed by atoms with Gasteiger partial charge < -0.3 is 5.73 Å². The smallest absolute Gasteiger partial charge is 0.264 e. The molecule has 8 nitrogen and oxygen atoms in total. The normalized spacial score (nSPS) is 9.80. The summed E-state index contributed by atoms with van der Waals surface area (Å²) in [6.07, 6.45) is -0.0990. The Morgan fingerprint density at radius 3 is 1.93 bits per heavy atom. The van der Waals surface area contributed by atoms with Gasteiger partial charge in [0.25, 0.3) is 10.1 Å². The summed E-state index contributed by atoms with van der Waals surface area (Å²) in [6.45, 7) is 1.37. The molecule has 0 aromatic heterocycles. The number of nitrogens with one attached hydrogen (secondary N) is 1. The lowest BCUT2D eigenvalue weighted by Gasteiger charge is -1.92. The summed E-state index contributed by atoms with van der Waals surface area (Å²) in [4.78, 5) is 20.1. The highest BCUT2D eigenvalue weighted by molar-refractivity contribution is 7.85. The van der Waals surface area contributed by atoms with Crippen molar-refractivity contribution in [2.24, 2.45) is 5.73 Å². The zero-order valence-electron chi connectivity index (χ0n) is 8.13. The van der Waals surface area contributed by atoms with E-state index in [1.54, 1.807) is 0 Å². The molecule has 0 rings (SSSR count). The van der Waals surface area contributed by atoms with E-state index >= 15 is 0 Å². The molecule has 0 heterocycles. The number of rotatable bonds is 4. The van der Waals surface area contributed by atoms with Crippen molar-refractivity contribution >= 4 is 21.9 Å². The molecule has 9 heteroatoms. The third-order valence-electron chi connectivity index (χ3n) is 1.09. The molecule has 0 fully saturated rings. The first kappa shape index (κ1) is 16.2. The molecule has 0 aliphatic carbocycles. The van der Waals surface area contributed by atoms with Crippen LogP contribution in [0.25, 0.3) is 0 Å². The summed E-state index contributed by atoms with van der Waals surface area (Å²) < 4.78 is 26.9. The molecule has 0 atom stereocenters. The Bertz CT molecular complexity index is 299. The highest BCUT2D eigenvalue weighted by Crippen LogP contribution is 1.84. The lowest BCUT2D eigenvalue weighted by molar-refractivity contribution is -0.131. The van der Waals surface area contributed by atoms with Crippen LogP contribution >= 0.6 is 0 Å². The molecule has 0 unspecified atom stereocenters. The number of hydrogen-bond acceptors (Lipinski definition) is 5. The average molecular weight is 242 g/mol. The first-order chi connectivity index (χ1) is 6.72. The minimum absolute atomic E-state index is 0.0353. The minimum Gasteiger partial charge on any atom is -0.370 e. The number of primary amides is 1. The van der Waals surface area contributed by atoms with Crippen LogP contribution in [0.4, 0.5) is 0 Å². The van der Waals surface area contributed by atoms with Crippen LogP contribution in [0, 0.1) is 0 Å². The molecular formula is C6H14N2O6S. The van der Waals surface area contributed by atoms with Crippen molar-refractivity contribution in [2.75, 3.05) is 5.75 Å².